The Morgan fingerprint density at radius 3 is 2.47 bits per heavy atom. The molecule has 0 aliphatic heterocycles. The Balaban J connectivity index is 1.73. The van der Waals surface area contributed by atoms with Crippen LogP contribution in [0.4, 0.5) is 17.6 Å². The van der Waals surface area contributed by atoms with Gasteiger partial charge in [-0.05, 0) is 63.2 Å². The van der Waals surface area contributed by atoms with Gasteiger partial charge in [0, 0.05) is 17.8 Å². The number of aromatic nitrogens is 3. The van der Waals surface area contributed by atoms with Gasteiger partial charge in [0.15, 0.2) is 0 Å². The molecule has 1 aromatic heterocycles. The molecule has 0 aliphatic carbocycles. The summed E-state index contributed by atoms with van der Waals surface area (Å²) in [6.45, 7) is 6.58. The first-order chi connectivity index (χ1) is 16.7. The molecular weight excluding hydrogens is 633 g/mol. The van der Waals surface area contributed by atoms with E-state index in [4.69, 9.17) is 26.8 Å². The number of rotatable bonds is 10. The quantitative estimate of drug-likeness (QED) is 0.102. The van der Waals surface area contributed by atoms with Crippen molar-refractivity contribution in [2.75, 3.05) is 31.2 Å². The molecule has 0 spiro atoms. The minimum Gasteiger partial charge on any atom is -0.492 e. The molecule has 0 amide bonds. The molecule has 196 valence electrons. The Morgan fingerprint density at radius 2 is 1.92 bits per heavy atom. The van der Waals surface area contributed by atoms with Crippen molar-refractivity contribution in [1.82, 2.24) is 20.1 Å². The van der Waals surface area contributed by atoms with Crippen molar-refractivity contribution >= 4 is 70.3 Å². The molecule has 3 rings (SSSR count). The molecule has 1 heterocycles. The number of ether oxygens (including phenoxy) is 2. The molecule has 0 fully saturated rings. The summed E-state index contributed by atoms with van der Waals surface area (Å²) in [5, 5.41) is 20.5. The number of likely N-dealkylation sites (N-methyl/N-ethyl adjacent to an activating group) is 1. The van der Waals surface area contributed by atoms with Gasteiger partial charge in [-0.1, -0.05) is 46.3 Å². The predicted octanol–water partition coefficient (Wildman–Crippen LogP) is 5.15. The average Bonchev–Trinajstić information content (AvgIpc) is 3.16. The highest BCUT2D eigenvalue weighted by Crippen LogP contribution is 2.51. The van der Waals surface area contributed by atoms with Gasteiger partial charge in [0.25, 0.3) is 0 Å². The molecule has 36 heavy (non-hydrogen) atoms. The summed E-state index contributed by atoms with van der Waals surface area (Å²) in [6.07, 6.45) is -0.998. The van der Waals surface area contributed by atoms with Crippen LogP contribution in [0.2, 0.25) is 5.02 Å². The lowest BCUT2D eigenvalue weighted by molar-refractivity contribution is -0.233. The number of nitrogens with one attached hydrogen (secondary N) is 2. The number of aromatic amines is 1. The first-order valence-electron chi connectivity index (χ1n) is 11.1. The number of hydrogen-bond acceptors (Lipinski definition) is 8. The predicted molar refractivity (Wildman–Crippen MR) is 161 cm³/mol. The second-order valence-corrected chi connectivity index (χ2v) is 16.3. The van der Waals surface area contributed by atoms with Gasteiger partial charge in [-0.2, -0.15) is 4.98 Å². The molecule has 3 aromatic rings. The van der Waals surface area contributed by atoms with E-state index in [-0.39, 0.29) is 8.85 Å². The van der Waals surface area contributed by atoms with Crippen molar-refractivity contribution in [2.45, 2.75) is 35.7 Å². The number of nitrogens with two attached hydrogens (primary N) is 1. The fraction of sp³-hybridized carbons (Fsp3) is 0.391. The third-order valence-electron chi connectivity index (χ3n) is 4.95. The molecule has 13 heteroatoms. The number of alkyl halides is 1. The summed E-state index contributed by atoms with van der Waals surface area (Å²) >= 11 is 9.10. The topological polar surface area (TPSA) is 122 Å². The van der Waals surface area contributed by atoms with Crippen LogP contribution < -0.4 is 15.8 Å². The molecule has 5 N–H and O–H groups in total. The molecule has 0 aliphatic rings. The molecule has 9 nitrogen and oxygen atoms in total. The van der Waals surface area contributed by atoms with Crippen LogP contribution in [0.3, 0.4) is 0 Å². The van der Waals surface area contributed by atoms with E-state index in [2.05, 4.69) is 61.6 Å². The number of anilines is 3. The molecule has 2 aromatic carbocycles. The smallest absolute Gasteiger partial charge is 0.248 e. The van der Waals surface area contributed by atoms with Crippen LogP contribution in [-0.2, 0) is 7.64 Å². The minimum atomic E-state index is -0.998. The third-order valence-corrected chi connectivity index (χ3v) is 6.45. The summed E-state index contributed by atoms with van der Waals surface area (Å²) in [4.78, 5) is 5.77. The highest BCUT2D eigenvalue weighted by atomic mass is 127. The molecular formula is C23H32ClIN6O3P2. The van der Waals surface area contributed by atoms with Gasteiger partial charge in [0.1, 0.15) is 12.4 Å². The molecule has 0 saturated heterocycles. The maximum absolute atomic E-state index is 10.1. The van der Waals surface area contributed by atoms with Crippen molar-refractivity contribution in [2.24, 2.45) is 0 Å². The lowest BCUT2D eigenvalue weighted by Gasteiger charge is -2.29. The lowest BCUT2D eigenvalue weighted by atomic mass is 9.99. The van der Waals surface area contributed by atoms with Crippen molar-refractivity contribution in [1.29, 1.82) is 0 Å². The largest absolute Gasteiger partial charge is 0.492 e. The Hall–Kier alpha value is -1.26. The highest BCUT2D eigenvalue weighted by molar-refractivity contribution is 14.1. The normalized spacial score (nSPS) is 13.2. The van der Waals surface area contributed by atoms with E-state index >= 15 is 0 Å². The van der Waals surface area contributed by atoms with Gasteiger partial charge in [-0.3, -0.25) is 4.90 Å². The van der Waals surface area contributed by atoms with E-state index in [1.807, 2.05) is 57.2 Å². The summed E-state index contributed by atoms with van der Waals surface area (Å²) in [5.74, 6) is 1.30. The van der Waals surface area contributed by atoms with Gasteiger partial charge in [-0.25, -0.2) is 5.10 Å². The standard InChI is InChI=1S/C23H32ClIN6O3P2/c1-22(2,3)34-21(32)31(4)9-10-33-15-7-5-13(6-8-15)18-16(23(25,35)36)11-14(12-17(18)24)27-20-28-19(26)29-30-20/h5-8,11-12,21,32H,9-10,35-36H2,1-4H3,(H4,26,27,28,29,30). The van der Waals surface area contributed by atoms with Gasteiger partial charge in [0.05, 0.1) is 13.5 Å². The summed E-state index contributed by atoms with van der Waals surface area (Å²) < 4.78 is 11.1. The van der Waals surface area contributed by atoms with E-state index in [1.165, 1.54) is 0 Å². The van der Waals surface area contributed by atoms with E-state index in [1.54, 1.807) is 11.9 Å². The number of hydrogen-bond donors (Lipinski definition) is 4. The Labute approximate surface area is 234 Å². The highest BCUT2D eigenvalue weighted by Gasteiger charge is 2.25. The van der Waals surface area contributed by atoms with Crippen molar-refractivity contribution in [3.8, 4) is 16.9 Å². The van der Waals surface area contributed by atoms with Crippen molar-refractivity contribution < 1.29 is 14.6 Å². The van der Waals surface area contributed by atoms with Gasteiger partial charge in [0.2, 0.25) is 18.3 Å². The first-order valence-corrected chi connectivity index (χ1v) is 13.7. The van der Waals surface area contributed by atoms with Gasteiger partial charge < -0.3 is 25.6 Å². The second-order valence-electron chi connectivity index (χ2n) is 9.23. The van der Waals surface area contributed by atoms with Gasteiger partial charge in [-0.15, -0.1) is 23.6 Å². The van der Waals surface area contributed by atoms with Gasteiger partial charge >= 0.3 is 0 Å². The molecule has 3 atom stereocenters. The number of halogens is 2. The fourth-order valence-corrected chi connectivity index (χ4v) is 4.48. The summed E-state index contributed by atoms with van der Waals surface area (Å²) in [6, 6.07) is 11.6. The van der Waals surface area contributed by atoms with E-state index in [0.717, 1.165) is 22.4 Å². The first kappa shape index (κ1) is 29.3. The Bertz CT molecular complexity index is 1170. The zero-order chi connectivity index (χ0) is 26.7. The van der Waals surface area contributed by atoms with Crippen LogP contribution >= 0.6 is 52.7 Å². The Kier molecular flexibility index (Phi) is 9.82. The third kappa shape index (κ3) is 8.38. The van der Waals surface area contributed by atoms with E-state index < -0.39 is 12.0 Å². The van der Waals surface area contributed by atoms with Crippen LogP contribution in [0.25, 0.3) is 11.1 Å². The Morgan fingerprint density at radius 1 is 1.25 bits per heavy atom. The lowest BCUT2D eigenvalue weighted by Crippen LogP contribution is -2.41. The monoisotopic (exact) mass is 664 g/mol. The number of benzene rings is 2. The summed E-state index contributed by atoms with van der Waals surface area (Å²) in [5.41, 5.74) is 8.77. The zero-order valence-corrected chi connectivity index (χ0v) is 25.8. The van der Waals surface area contributed by atoms with Crippen LogP contribution in [0.15, 0.2) is 36.4 Å². The average molecular weight is 665 g/mol. The van der Waals surface area contributed by atoms with Crippen LogP contribution in [0, 0.1) is 0 Å². The van der Waals surface area contributed by atoms with Crippen LogP contribution in [0.5, 0.6) is 5.75 Å². The number of aliphatic hydroxyl groups excluding tert-OH is 1. The van der Waals surface area contributed by atoms with E-state index in [9.17, 15) is 5.11 Å². The van der Waals surface area contributed by atoms with Crippen molar-refractivity contribution in [3.05, 3.63) is 47.0 Å². The maximum atomic E-state index is 10.1. The zero-order valence-electron chi connectivity index (χ0n) is 20.5. The van der Waals surface area contributed by atoms with Crippen LogP contribution in [-0.4, -0.2) is 57.4 Å². The molecule has 3 unspecified atom stereocenters. The number of nitrogens with zero attached hydrogens (tertiary/aromatic N) is 3. The molecule has 0 saturated carbocycles. The minimum absolute atomic E-state index is 0.226. The SMILES string of the molecule is CN(CCOc1ccc(-c2c(Cl)cc(Nc3n[nH]c(N)n3)cc2C(P)(P)I)cc1)C(O)OC(C)(C)C. The maximum Gasteiger partial charge on any atom is 0.248 e. The molecule has 0 bridgehead atoms. The number of H-pyrrole nitrogens is 1. The number of aliphatic hydroxyl groups is 1. The summed E-state index contributed by atoms with van der Waals surface area (Å²) in [7, 11) is 7.42. The fourth-order valence-electron chi connectivity index (χ4n) is 3.28. The van der Waals surface area contributed by atoms with E-state index in [0.29, 0.717) is 29.9 Å². The van der Waals surface area contributed by atoms with Crippen LogP contribution in [0.1, 0.15) is 26.3 Å². The number of nitrogen functional groups attached to an aromatic ring is 1. The second kappa shape index (κ2) is 12.1. The van der Waals surface area contributed by atoms with Crippen molar-refractivity contribution in [3.63, 3.8) is 0 Å². The molecule has 0 radical (unpaired) electrons.